The van der Waals surface area contributed by atoms with Crippen LogP contribution < -0.4 is 11.1 Å². The molecule has 36 heavy (non-hydrogen) atoms. The standard InChI is InChI=1S/C27H32N4O5/c1-17(2)24-27(35)31(21(15-30(24)18(3)32)19-11-7-5-8-12-19)16-22(33)29-23(26(28)34)25(36-4)20-13-9-6-10-14-20/h5-15,17,23-25H,16H2,1-4H3,(H2,28,34)(H,29,33)/t23-,24-,25?/m0/s1. The Morgan fingerprint density at radius 1 is 1.03 bits per heavy atom. The summed E-state index contributed by atoms with van der Waals surface area (Å²) >= 11 is 0. The first kappa shape index (κ1) is 26.6. The normalized spacial score (nSPS) is 17.4. The molecule has 0 saturated heterocycles. The van der Waals surface area contributed by atoms with E-state index in [4.69, 9.17) is 10.5 Å². The van der Waals surface area contributed by atoms with E-state index in [0.29, 0.717) is 16.8 Å². The molecular formula is C27H32N4O5. The molecule has 0 spiro atoms. The van der Waals surface area contributed by atoms with Gasteiger partial charge in [0.25, 0.3) is 5.91 Å². The number of amides is 4. The van der Waals surface area contributed by atoms with E-state index in [1.165, 1.54) is 23.8 Å². The summed E-state index contributed by atoms with van der Waals surface area (Å²) in [7, 11) is 1.42. The smallest absolute Gasteiger partial charge is 0.250 e. The molecule has 0 bridgehead atoms. The number of hydrogen-bond donors (Lipinski definition) is 2. The Hall–Kier alpha value is -3.98. The summed E-state index contributed by atoms with van der Waals surface area (Å²) in [5, 5.41) is 2.64. The summed E-state index contributed by atoms with van der Waals surface area (Å²) in [4.78, 5) is 54.3. The minimum absolute atomic E-state index is 0.199. The molecule has 1 aliphatic rings. The van der Waals surface area contributed by atoms with Gasteiger partial charge in [0.2, 0.25) is 17.7 Å². The first-order chi connectivity index (χ1) is 17.1. The Balaban J connectivity index is 1.94. The molecule has 9 heteroatoms. The van der Waals surface area contributed by atoms with Crippen LogP contribution in [-0.4, -0.2) is 59.2 Å². The zero-order chi connectivity index (χ0) is 26.4. The van der Waals surface area contributed by atoms with Crippen LogP contribution in [0.3, 0.4) is 0 Å². The number of methoxy groups -OCH3 is 1. The molecule has 190 valence electrons. The molecule has 0 fully saturated rings. The van der Waals surface area contributed by atoms with Crippen molar-refractivity contribution in [1.82, 2.24) is 15.1 Å². The van der Waals surface area contributed by atoms with Gasteiger partial charge in [-0.2, -0.15) is 0 Å². The van der Waals surface area contributed by atoms with Crippen molar-refractivity contribution in [1.29, 1.82) is 0 Å². The molecule has 2 aromatic rings. The zero-order valence-corrected chi connectivity index (χ0v) is 20.9. The van der Waals surface area contributed by atoms with Crippen molar-refractivity contribution in [3.63, 3.8) is 0 Å². The van der Waals surface area contributed by atoms with Gasteiger partial charge in [-0.1, -0.05) is 74.5 Å². The molecule has 3 N–H and O–H groups in total. The number of carbonyl (C=O) groups excluding carboxylic acids is 4. The molecule has 0 aliphatic carbocycles. The fourth-order valence-corrected chi connectivity index (χ4v) is 4.34. The van der Waals surface area contributed by atoms with Crippen molar-refractivity contribution in [2.75, 3.05) is 13.7 Å². The predicted molar refractivity (Wildman–Crippen MR) is 135 cm³/mol. The molecule has 1 unspecified atom stereocenters. The van der Waals surface area contributed by atoms with Gasteiger partial charge in [-0.3, -0.25) is 24.1 Å². The van der Waals surface area contributed by atoms with Crippen molar-refractivity contribution in [2.45, 2.75) is 39.0 Å². The molecule has 3 rings (SSSR count). The van der Waals surface area contributed by atoms with E-state index in [-0.39, 0.29) is 18.4 Å². The number of hydrogen-bond acceptors (Lipinski definition) is 5. The summed E-state index contributed by atoms with van der Waals surface area (Å²) in [6.07, 6.45) is 0.787. The van der Waals surface area contributed by atoms with Gasteiger partial charge in [0.1, 0.15) is 24.7 Å². The Morgan fingerprint density at radius 2 is 1.61 bits per heavy atom. The van der Waals surface area contributed by atoms with Crippen LogP contribution in [0.2, 0.25) is 0 Å². The third kappa shape index (κ3) is 5.80. The number of benzene rings is 2. The van der Waals surface area contributed by atoms with Crippen LogP contribution in [0.5, 0.6) is 0 Å². The second-order valence-corrected chi connectivity index (χ2v) is 8.93. The Bertz CT molecular complexity index is 1130. The van der Waals surface area contributed by atoms with E-state index in [1.54, 1.807) is 54.7 Å². The van der Waals surface area contributed by atoms with E-state index >= 15 is 0 Å². The van der Waals surface area contributed by atoms with Gasteiger partial charge in [0, 0.05) is 20.2 Å². The van der Waals surface area contributed by atoms with Crippen LogP contribution in [0.25, 0.3) is 5.70 Å². The highest BCUT2D eigenvalue weighted by Gasteiger charge is 2.40. The number of nitrogens with zero attached hydrogens (tertiary/aromatic N) is 2. The lowest BCUT2D eigenvalue weighted by Gasteiger charge is -2.40. The van der Waals surface area contributed by atoms with E-state index in [9.17, 15) is 19.2 Å². The maximum atomic E-state index is 13.6. The number of carbonyl (C=O) groups is 4. The average molecular weight is 493 g/mol. The lowest BCUT2D eigenvalue weighted by molar-refractivity contribution is -0.145. The second kappa shape index (κ2) is 11.6. The molecule has 0 saturated carbocycles. The quantitative estimate of drug-likeness (QED) is 0.555. The number of primary amides is 1. The number of rotatable bonds is 9. The first-order valence-corrected chi connectivity index (χ1v) is 11.7. The second-order valence-electron chi connectivity index (χ2n) is 8.93. The average Bonchev–Trinajstić information content (AvgIpc) is 2.85. The van der Waals surface area contributed by atoms with Gasteiger partial charge in [0.05, 0.1) is 5.70 Å². The molecule has 1 aliphatic heterocycles. The Morgan fingerprint density at radius 3 is 2.11 bits per heavy atom. The number of ether oxygens (including phenoxy) is 1. The van der Waals surface area contributed by atoms with Crippen molar-refractivity contribution in [2.24, 2.45) is 11.7 Å². The van der Waals surface area contributed by atoms with Crippen LogP contribution in [0.15, 0.2) is 66.9 Å². The van der Waals surface area contributed by atoms with E-state index in [2.05, 4.69) is 5.32 Å². The fourth-order valence-electron chi connectivity index (χ4n) is 4.34. The first-order valence-electron chi connectivity index (χ1n) is 11.7. The van der Waals surface area contributed by atoms with Crippen LogP contribution in [0.4, 0.5) is 0 Å². The topological polar surface area (TPSA) is 122 Å². The molecule has 0 radical (unpaired) electrons. The van der Waals surface area contributed by atoms with E-state index in [1.807, 2.05) is 26.0 Å². The molecule has 9 nitrogen and oxygen atoms in total. The number of nitrogens with one attached hydrogen (secondary N) is 1. The van der Waals surface area contributed by atoms with Crippen LogP contribution in [-0.2, 0) is 23.9 Å². The monoisotopic (exact) mass is 492 g/mol. The molecular weight excluding hydrogens is 460 g/mol. The summed E-state index contributed by atoms with van der Waals surface area (Å²) < 4.78 is 5.50. The Labute approximate surface area is 210 Å². The summed E-state index contributed by atoms with van der Waals surface area (Å²) in [6.45, 7) is 4.70. The molecule has 3 atom stereocenters. The third-order valence-electron chi connectivity index (χ3n) is 6.05. The van der Waals surface area contributed by atoms with Crippen LogP contribution >= 0.6 is 0 Å². The zero-order valence-electron chi connectivity index (χ0n) is 20.9. The van der Waals surface area contributed by atoms with Gasteiger partial charge in [-0.25, -0.2) is 0 Å². The maximum absolute atomic E-state index is 13.6. The lowest BCUT2D eigenvalue weighted by atomic mass is 9.97. The molecule has 1 heterocycles. The third-order valence-corrected chi connectivity index (χ3v) is 6.05. The maximum Gasteiger partial charge on any atom is 0.250 e. The molecule has 2 aromatic carbocycles. The van der Waals surface area contributed by atoms with Gasteiger partial charge in [-0.05, 0) is 17.0 Å². The number of nitrogens with two attached hydrogens (primary N) is 1. The predicted octanol–water partition coefficient (Wildman–Crippen LogP) is 2.06. The SMILES string of the molecule is COC(c1ccccc1)[C@H](NC(=O)CN1C(=O)[C@H](C(C)C)N(C(C)=O)C=C1c1ccccc1)C(N)=O. The summed E-state index contributed by atoms with van der Waals surface area (Å²) in [5.74, 6) is -2.23. The minimum Gasteiger partial charge on any atom is -0.374 e. The Kier molecular flexibility index (Phi) is 8.60. The van der Waals surface area contributed by atoms with Crippen LogP contribution in [0.1, 0.15) is 38.0 Å². The van der Waals surface area contributed by atoms with Crippen molar-refractivity contribution >= 4 is 29.3 Å². The van der Waals surface area contributed by atoms with E-state index < -0.39 is 35.9 Å². The highest BCUT2D eigenvalue weighted by atomic mass is 16.5. The van der Waals surface area contributed by atoms with Gasteiger partial charge in [-0.15, -0.1) is 0 Å². The van der Waals surface area contributed by atoms with Crippen molar-refractivity contribution in [3.8, 4) is 0 Å². The van der Waals surface area contributed by atoms with Gasteiger partial charge in [0.15, 0.2) is 0 Å². The highest BCUT2D eigenvalue weighted by Crippen LogP contribution is 2.30. The van der Waals surface area contributed by atoms with Crippen molar-refractivity contribution in [3.05, 3.63) is 78.0 Å². The van der Waals surface area contributed by atoms with Gasteiger partial charge >= 0.3 is 0 Å². The summed E-state index contributed by atoms with van der Waals surface area (Å²) in [5.41, 5.74) is 7.36. The molecule has 4 amide bonds. The van der Waals surface area contributed by atoms with Crippen molar-refractivity contribution < 1.29 is 23.9 Å². The van der Waals surface area contributed by atoms with E-state index in [0.717, 1.165) is 0 Å². The lowest BCUT2D eigenvalue weighted by Crippen LogP contribution is -2.57. The molecule has 0 aromatic heterocycles. The van der Waals surface area contributed by atoms with Gasteiger partial charge < -0.3 is 20.7 Å². The largest absolute Gasteiger partial charge is 0.374 e. The highest BCUT2D eigenvalue weighted by molar-refractivity contribution is 6.00. The minimum atomic E-state index is -1.16. The summed E-state index contributed by atoms with van der Waals surface area (Å²) in [6, 6.07) is 16.0. The fraction of sp³-hybridized carbons (Fsp3) is 0.333. The van der Waals surface area contributed by atoms with Crippen LogP contribution in [0, 0.1) is 5.92 Å².